The lowest BCUT2D eigenvalue weighted by molar-refractivity contribution is -0.116. The van der Waals surface area contributed by atoms with E-state index in [1.807, 2.05) is 5.38 Å². The summed E-state index contributed by atoms with van der Waals surface area (Å²) >= 11 is 7.64. The van der Waals surface area contributed by atoms with Crippen molar-refractivity contribution in [1.82, 2.24) is 5.32 Å². The van der Waals surface area contributed by atoms with Gasteiger partial charge in [-0.1, -0.05) is 11.6 Å². The summed E-state index contributed by atoms with van der Waals surface area (Å²) < 4.78 is 11.1. The van der Waals surface area contributed by atoms with Crippen molar-refractivity contribution in [2.45, 2.75) is 12.8 Å². The predicted octanol–water partition coefficient (Wildman–Crippen LogP) is 3.32. The first kappa shape index (κ1) is 17.6. The Kier molecular flexibility index (Phi) is 5.78. The van der Waals surface area contributed by atoms with E-state index in [1.165, 1.54) is 11.3 Å². The average molecular weight is 381 g/mol. The molecular weight excluding hydrogens is 364 g/mol. The molecule has 2 amide bonds. The molecule has 1 aliphatic heterocycles. The lowest BCUT2D eigenvalue weighted by atomic mass is 10.2. The highest BCUT2D eigenvalue weighted by Crippen LogP contribution is 2.37. The van der Waals surface area contributed by atoms with Gasteiger partial charge < -0.3 is 20.1 Å². The van der Waals surface area contributed by atoms with E-state index in [4.69, 9.17) is 21.1 Å². The fourth-order valence-electron chi connectivity index (χ4n) is 2.28. The number of carbonyl (C=O) groups is 2. The number of fused-ring (bicyclic) bond motifs is 1. The Morgan fingerprint density at radius 1 is 1.20 bits per heavy atom. The van der Waals surface area contributed by atoms with E-state index < -0.39 is 0 Å². The molecule has 1 aromatic carbocycles. The third-order valence-electron chi connectivity index (χ3n) is 3.53. The number of hydrogen-bond donors (Lipinski definition) is 2. The maximum atomic E-state index is 12.1. The van der Waals surface area contributed by atoms with Crippen LogP contribution in [0.5, 0.6) is 11.5 Å². The van der Waals surface area contributed by atoms with Crippen LogP contribution in [0, 0.1) is 0 Å². The first-order chi connectivity index (χ1) is 12.1. The van der Waals surface area contributed by atoms with E-state index in [-0.39, 0.29) is 24.8 Å². The van der Waals surface area contributed by atoms with Crippen LogP contribution in [0.4, 0.5) is 5.69 Å². The molecule has 8 heteroatoms. The highest BCUT2D eigenvalue weighted by Gasteiger charge is 2.15. The maximum Gasteiger partial charge on any atom is 0.252 e. The number of thiophene rings is 1. The molecule has 1 aromatic heterocycles. The molecule has 0 bridgehead atoms. The first-order valence-corrected chi connectivity index (χ1v) is 9.15. The largest absolute Gasteiger partial charge is 0.490 e. The highest BCUT2D eigenvalue weighted by molar-refractivity contribution is 7.08. The van der Waals surface area contributed by atoms with E-state index in [9.17, 15) is 9.59 Å². The summed E-state index contributed by atoms with van der Waals surface area (Å²) in [7, 11) is 0. The van der Waals surface area contributed by atoms with Gasteiger partial charge in [-0.25, -0.2) is 0 Å². The molecule has 6 nitrogen and oxygen atoms in total. The van der Waals surface area contributed by atoms with Gasteiger partial charge in [0.15, 0.2) is 11.5 Å². The van der Waals surface area contributed by atoms with Gasteiger partial charge in [-0.2, -0.15) is 11.3 Å². The van der Waals surface area contributed by atoms with Crippen LogP contribution < -0.4 is 20.1 Å². The van der Waals surface area contributed by atoms with Gasteiger partial charge in [-0.05, 0) is 11.4 Å². The molecule has 2 N–H and O–H groups in total. The van der Waals surface area contributed by atoms with Crippen LogP contribution in [0.1, 0.15) is 23.2 Å². The molecule has 0 radical (unpaired) electrons. The summed E-state index contributed by atoms with van der Waals surface area (Å²) in [4.78, 5) is 23.9. The summed E-state index contributed by atoms with van der Waals surface area (Å²) in [5.74, 6) is 0.691. The summed E-state index contributed by atoms with van der Waals surface area (Å²) in [5.41, 5.74) is 1.05. The molecule has 0 aliphatic carbocycles. The number of carbonyl (C=O) groups excluding carboxylic acids is 2. The topological polar surface area (TPSA) is 76.7 Å². The number of benzene rings is 1. The predicted molar refractivity (Wildman–Crippen MR) is 97.0 cm³/mol. The standard InChI is InChI=1S/C17H17ClN2O4S/c18-12-8-14-15(24-6-1-5-23-14)9-13(12)20-16(21)2-4-19-17(22)11-3-7-25-10-11/h3,7-10H,1-2,4-6H2,(H,19,22)(H,20,21). The number of ether oxygens (including phenoxy) is 2. The smallest absolute Gasteiger partial charge is 0.252 e. The lowest BCUT2D eigenvalue weighted by Crippen LogP contribution is -2.27. The zero-order valence-electron chi connectivity index (χ0n) is 13.3. The SMILES string of the molecule is O=C(CCNC(=O)c1ccsc1)Nc1cc2c(cc1Cl)OCCCO2. The second-order valence-electron chi connectivity index (χ2n) is 5.40. The van der Waals surface area contributed by atoms with E-state index in [2.05, 4.69) is 10.6 Å². The molecule has 2 aromatic rings. The molecule has 1 aliphatic rings. The number of halogens is 1. The number of hydrogen-bond acceptors (Lipinski definition) is 5. The Hall–Kier alpha value is -2.25. The van der Waals surface area contributed by atoms with Gasteiger partial charge in [0.2, 0.25) is 5.91 Å². The van der Waals surface area contributed by atoms with Gasteiger partial charge in [0.1, 0.15) is 0 Å². The van der Waals surface area contributed by atoms with Crippen molar-refractivity contribution in [3.8, 4) is 11.5 Å². The lowest BCUT2D eigenvalue weighted by Gasteiger charge is -2.12. The van der Waals surface area contributed by atoms with Crippen molar-refractivity contribution in [2.75, 3.05) is 25.1 Å². The summed E-state index contributed by atoms with van der Waals surface area (Å²) in [6.45, 7) is 1.36. The van der Waals surface area contributed by atoms with Crippen LogP contribution in [0.2, 0.25) is 5.02 Å². The molecule has 2 heterocycles. The van der Waals surface area contributed by atoms with Crippen molar-refractivity contribution in [2.24, 2.45) is 0 Å². The molecule has 25 heavy (non-hydrogen) atoms. The zero-order valence-corrected chi connectivity index (χ0v) is 14.9. The van der Waals surface area contributed by atoms with Crippen LogP contribution >= 0.6 is 22.9 Å². The quantitative estimate of drug-likeness (QED) is 0.834. The Morgan fingerprint density at radius 2 is 1.96 bits per heavy atom. The minimum Gasteiger partial charge on any atom is -0.490 e. The number of amides is 2. The van der Waals surface area contributed by atoms with Crippen molar-refractivity contribution >= 4 is 40.4 Å². The molecule has 0 fully saturated rings. The number of nitrogens with one attached hydrogen (secondary N) is 2. The van der Waals surface area contributed by atoms with Gasteiger partial charge in [0, 0.05) is 42.5 Å². The fourth-order valence-corrected chi connectivity index (χ4v) is 3.11. The molecule has 0 saturated carbocycles. The highest BCUT2D eigenvalue weighted by atomic mass is 35.5. The summed E-state index contributed by atoms with van der Waals surface area (Å²) in [5, 5.41) is 9.40. The van der Waals surface area contributed by atoms with E-state index in [0.717, 1.165) is 6.42 Å². The zero-order chi connectivity index (χ0) is 17.6. The third kappa shape index (κ3) is 4.64. The second kappa shape index (κ2) is 8.22. The van der Waals surface area contributed by atoms with Crippen molar-refractivity contribution in [1.29, 1.82) is 0 Å². The van der Waals surface area contributed by atoms with Crippen LogP contribution in [0.3, 0.4) is 0 Å². The number of rotatable bonds is 5. The summed E-state index contributed by atoms with van der Waals surface area (Å²) in [6.07, 6.45) is 0.929. The molecule has 0 atom stereocenters. The van der Waals surface area contributed by atoms with Crippen LogP contribution in [0.15, 0.2) is 29.0 Å². The van der Waals surface area contributed by atoms with E-state index >= 15 is 0 Å². The molecule has 0 unspecified atom stereocenters. The molecular formula is C17H17ClN2O4S. The van der Waals surface area contributed by atoms with Crippen molar-refractivity contribution in [3.05, 3.63) is 39.5 Å². The van der Waals surface area contributed by atoms with E-state index in [0.29, 0.717) is 41.0 Å². The Labute approximate surface area is 154 Å². The minimum atomic E-state index is -0.248. The van der Waals surface area contributed by atoms with E-state index in [1.54, 1.807) is 23.6 Å². The third-order valence-corrected chi connectivity index (χ3v) is 4.53. The monoisotopic (exact) mass is 380 g/mol. The molecule has 0 saturated heterocycles. The maximum absolute atomic E-state index is 12.1. The van der Waals surface area contributed by atoms with Crippen LogP contribution in [-0.4, -0.2) is 31.6 Å². The van der Waals surface area contributed by atoms with Gasteiger partial charge in [0.25, 0.3) is 5.91 Å². The van der Waals surface area contributed by atoms with Crippen LogP contribution in [-0.2, 0) is 4.79 Å². The summed E-state index contributed by atoms with van der Waals surface area (Å²) in [6, 6.07) is 5.03. The van der Waals surface area contributed by atoms with Crippen molar-refractivity contribution < 1.29 is 19.1 Å². The Balaban J connectivity index is 1.54. The Bertz CT molecular complexity index is 764. The van der Waals surface area contributed by atoms with Gasteiger partial charge >= 0.3 is 0 Å². The fraction of sp³-hybridized carbons (Fsp3) is 0.294. The molecule has 132 valence electrons. The number of anilines is 1. The molecule has 3 rings (SSSR count). The van der Waals surface area contributed by atoms with Gasteiger partial charge in [0.05, 0.1) is 23.9 Å². The van der Waals surface area contributed by atoms with Gasteiger partial charge in [-0.15, -0.1) is 0 Å². The second-order valence-corrected chi connectivity index (χ2v) is 6.58. The first-order valence-electron chi connectivity index (χ1n) is 7.83. The van der Waals surface area contributed by atoms with Crippen molar-refractivity contribution in [3.63, 3.8) is 0 Å². The normalized spacial score (nSPS) is 13.0. The van der Waals surface area contributed by atoms with Gasteiger partial charge in [-0.3, -0.25) is 9.59 Å². The minimum absolute atomic E-state index is 0.140. The Morgan fingerprint density at radius 3 is 2.68 bits per heavy atom. The average Bonchev–Trinajstić information content (AvgIpc) is 3.03. The molecule has 0 spiro atoms. The van der Waals surface area contributed by atoms with Crippen LogP contribution in [0.25, 0.3) is 0 Å².